The number of nitrogens with two attached hydrogens (primary N) is 1. The van der Waals surface area contributed by atoms with Crippen LogP contribution in [0.25, 0.3) is 0 Å². The lowest BCUT2D eigenvalue weighted by Crippen LogP contribution is -2.56. The summed E-state index contributed by atoms with van der Waals surface area (Å²) in [4.78, 5) is 6.76. The van der Waals surface area contributed by atoms with Crippen LogP contribution in [0.5, 0.6) is 0 Å². The highest BCUT2D eigenvalue weighted by Gasteiger charge is 2.43. The number of hydrogen-bond acceptors (Lipinski definition) is 3. The molecular formula is C18H29N3. The van der Waals surface area contributed by atoms with Gasteiger partial charge in [0.05, 0.1) is 0 Å². The number of likely N-dealkylation sites (N-methyl/N-ethyl adjacent to an activating group) is 1. The fraction of sp³-hybridized carbons (Fsp3) is 0.722. The van der Waals surface area contributed by atoms with Gasteiger partial charge in [0, 0.05) is 31.0 Å². The third-order valence-electron chi connectivity index (χ3n) is 5.70. The molecule has 0 saturated heterocycles. The van der Waals surface area contributed by atoms with E-state index in [4.69, 9.17) is 5.73 Å². The van der Waals surface area contributed by atoms with E-state index in [2.05, 4.69) is 28.9 Å². The molecule has 2 unspecified atom stereocenters. The van der Waals surface area contributed by atoms with Crippen LogP contribution in [-0.4, -0.2) is 28.5 Å². The van der Waals surface area contributed by atoms with Crippen LogP contribution in [0.4, 0.5) is 0 Å². The molecule has 3 heteroatoms. The fourth-order valence-corrected chi connectivity index (χ4v) is 4.28. The van der Waals surface area contributed by atoms with Gasteiger partial charge in [0.2, 0.25) is 0 Å². The first kappa shape index (κ1) is 15.0. The van der Waals surface area contributed by atoms with Crippen molar-refractivity contribution >= 4 is 0 Å². The molecule has 2 atom stereocenters. The molecule has 0 bridgehead atoms. The number of pyridine rings is 1. The maximum Gasteiger partial charge on any atom is 0.0337 e. The van der Waals surface area contributed by atoms with E-state index in [0.29, 0.717) is 0 Å². The highest BCUT2D eigenvalue weighted by atomic mass is 15.2. The summed E-state index contributed by atoms with van der Waals surface area (Å²) in [6.45, 7) is 5.17. The molecule has 21 heavy (non-hydrogen) atoms. The molecule has 2 aliphatic rings. The number of aromatic nitrogens is 1. The zero-order valence-electron chi connectivity index (χ0n) is 13.3. The molecule has 2 fully saturated rings. The van der Waals surface area contributed by atoms with Gasteiger partial charge in [-0.05, 0) is 61.8 Å². The molecule has 0 spiro atoms. The maximum absolute atomic E-state index is 6.30. The molecule has 3 nitrogen and oxygen atoms in total. The van der Waals surface area contributed by atoms with Gasteiger partial charge in [0.15, 0.2) is 0 Å². The molecule has 3 rings (SSSR count). The predicted molar refractivity (Wildman–Crippen MR) is 86.8 cm³/mol. The first-order valence-corrected chi connectivity index (χ1v) is 8.61. The van der Waals surface area contributed by atoms with Crippen molar-refractivity contribution in [2.75, 3.05) is 13.1 Å². The van der Waals surface area contributed by atoms with Crippen molar-refractivity contribution in [3.63, 3.8) is 0 Å². The van der Waals surface area contributed by atoms with Crippen molar-refractivity contribution in [3.8, 4) is 0 Å². The van der Waals surface area contributed by atoms with E-state index < -0.39 is 0 Å². The van der Waals surface area contributed by atoms with E-state index in [-0.39, 0.29) is 5.54 Å². The van der Waals surface area contributed by atoms with Gasteiger partial charge in [-0.15, -0.1) is 0 Å². The van der Waals surface area contributed by atoms with E-state index in [1.807, 2.05) is 12.4 Å². The molecule has 0 aromatic carbocycles. The van der Waals surface area contributed by atoms with E-state index in [0.717, 1.165) is 31.5 Å². The average molecular weight is 287 g/mol. The summed E-state index contributed by atoms with van der Waals surface area (Å²) in [6, 6.07) is 4.27. The number of nitrogens with zero attached hydrogens (tertiary/aromatic N) is 2. The monoisotopic (exact) mass is 287 g/mol. The van der Waals surface area contributed by atoms with Gasteiger partial charge >= 0.3 is 0 Å². The van der Waals surface area contributed by atoms with Crippen molar-refractivity contribution in [2.24, 2.45) is 17.6 Å². The van der Waals surface area contributed by atoms with Crippen LogP contribution in [-0.2, 0) is 6.54 Å². The lowest BCUT2D eigenvalue weighted by molar-refractivity contribution is 0.0284. The van der Waals surface area contributed by atoms with E-state index >= 15 is 0 Å². The quantitative estimate of drug-likeness (QED) is 0.873. The molecule has 2 N–H and O–H groups in total. The fourth-order valence-electron chi connectivity index (χ4n) is 4.28. The summed E-state index contributed by atoms with van der Waals surface area (Å²) >= 11 is 0. The first-order valence-electron chi connectivity index (χ1n) is 8.61. The van der Waals surface area contributed by atoms with Crippen LogP contribution in [0.1, 0.15) is 51.0 Å². The SMILES string of the molecule is CCN(Cc1ccncc1)C1(CN)CCCC(C2CC2)C1. The van der Waals surface area contributed by atoms with E-state index in [1.165, 1.54) is 44.1 Å². The van der Waals surface area contributed by atoms with Crippen molar-refractivity contribution in [1.29, 1.82) is 0 Å². The van der Waals surface area contributed by atoms with Gasteiger partial charge in [0.25, 0.3) is 0 Å². The Bertz CT molecular complexity index is 443. The molecule has 0 aliphatic heterocycles. The highest BCUT2D eigenvalue weighted by Crippen LogP contribution is 2.48. The lowest BCUT2D eigenvalue weighted by atomic mass is 9.72. The topological polar surface area (TPSA) is 42.2 Å². The zero-order chi connectivity index (χ0) is 14.7. The van der Waals surface area contributed by atoms with Crippen LogP contribution >= 0.6 is 0 Å². The van der Waals surface area contributed by atoms with Crippen molar-refractivity contribution in [2.45, 2.75) is 57.5 Å². The van der Waals surface area contributed by atoms with Gasteiger partial charge in [-0.1, -0.05) is 19.8 Å². The summed E-state index contributed by atoms with van der Waals surface area (Å²) < 4.78 is 0. The Morgan fingerprint density at radius 3 is 2.62 bits per heavy atom. The minimum Gasteiger partial charge on any atom is -0.329 e. The summed E-state index contributed by atoms with van der Waals surface area (Å²) in [5.74, 6) is 1.93. The zero-order valence-corrected chi connectivity index (χ0v) is 13.3. The number of rotatable bonds is 6. The van der Waals surface area contributed by atoms with Gasteiger partial charge in [0.1, 0.15) is 0 Å². The largest absolute Gasteiger partial charge is 0.329 e. The highest BCUT2D eigenvalue weighted by molar-refractivity contribution is 5.11. The smallest absolute Gasteiger partial charge is 0.0337 e. The van der Waals surface area contributed by atoms with Crippen molar-refractivity contribution in [1.82, 2.24) is 9.88 Å². The average Bonchev–Trinajstić information content (AvgIpc) is 3.38. The van der Waals surface area contributed by atoms with Crippen LogP contribution < -0.4 is 5.73 Å². The molecule has 0 amide bonds. The first-order chi connectivity index (χ1) is 10.3. The molecule has 1 heterocycles. The molecule has 1 aromatic heterocycles. The minimum absolute atomic E-state index is 0.226. The Balaban J connectivity index is 1.75. The van der Waals surface area contributed by atoms with Crippen LogP contribution in [0.15, 0.2) is 24.5 Å². The summed E-state index contributed by atoms with van der Waals surface area (Å²) in [6.07, 6.45) is 12.1. The van der Waals surface area contributed by atoms with Gasteiger partial charge in [-0.2, -0.15) is 0 Å². The summed E-state index contributed by atoms with van der Waals surface area (Å²) in [7, 11) is 0. The van der Waals surface area contributed by atoms with Crippen LogP contribution in [0.3, 0.4) is 0 Å². The Morgan fingerprint density at radius 2 is 2.00 bits per heavy atom. The Kier molecular flexibility index (Phi) is 4.60. The van der Waals surface area contributed by atoms with E-state index in [1.54, 1.807) is 0 Å². The predicted octanol–water partition coefficient (Wildman–Crippen LogP) is 3.20. The standard InChI is InChI=1S/C18H29N3/c1-2-21(13-15-7-10-20-11-8-15)18(14-19)9-3-4-17(12-18)16-5-6-16/h7-8,10-11,16-17H,2-6,9,12-14,19H2,1H3. The summed E-state index contributed by atoms with van der Waals surface area (Å²) in [5, 5.41) is 0. The van der Waals surface area contributed by atoms with Gasteiger partial charge < -0.3 is 5.73 Å². The van der Waals surface area contributed by atoms with Gasteiger partial charge in [-0.3, -0.25) is 9.88 Å². The second-order valence-corrected chi connectivity index (χ2v) is 6.99. The molecule has 1 aromatic rings. The molecule has 116 valence electrons. The van der Waals surface area contributed by atoms with Crippen LogP contribution in [0, 0.1) is 11.8 Å². The Hall–Kier alpha value is -0.930. The molecule has 0 radical (unpaired) electrons. The summed E-state index contributed by atoms with van der Waals surface area (Å²) in [5.41, 5.74) is 7.88. The third kappa shape index (κ3) is 3.29. The third-order valence-corrected chi connectivity index (χ3v) is 5.70. The second kappa shape index (κ2) is 6.45. The Morgan fingerprint density at radius 1 is 1.24 bits per heavy atom. The van der Waals surface area contributed by atoms with Gasteiger partial charge in [-0.25, -0.2) is 0 Å². The normalized spacial score (nSPS) is 29.8. The van der Waals surface area contributed by atoms with Crippen LogP contribution in [0.2, 0.25) is 0 Å². The lowest BCUT2D eigenvalue weighted by Gasteiger charge is -2.48. The second-order valence-electron chi connectivity index (χ2n) is 6.99. The Labute approximate surface area is 128 Å². The van der Waals surface area contributed by atoms with E-state index in [9.17, 15) is 0 Å². The number of hydrogen-bond donors (Lipinski definition) is 1. The molecule has 2 aliphatic carbocycles. The maximum atomic E-state index is 6.30. The van der Waals surface area contributed by atoms with Crippen molar-refractivity contribution in [3.05, 3.63) is 30.1 Å². The molecular weight excluding hydrogens is 258 g/mol. The molecule has 2 saturated carbocycles. The minimum atomic E-state index is 0.226. The van der Waals surface area contributed by atoms with Crippen molar-refractivity contribution < 1.29 is 0 Å².